The van der Waals surface area contributed by atoms with Crippen LogP contribution in [0.5, 0.6) is 5.75 Å². The smallest absolute Gasteiger partial charge is 0.723 e. The van der Waals surface area contributed by atoms with Crippen LogP contribution in [0.4, 0.5) is 0 Å². The van der Waals surface area contributed by atoms with Crippen LogP contribution in [0.2, 0.25) is 0 Å². The molecule has 0 aliphatic rings. The first kappa shape index (κ1) is 20.4. The van der Waals surface area contributed by atoms with Crippen LogP contribution in [0.15, 0.2) is 18.2 Å². The summed E-state index contributed by atoms with van der Waals surface area (Å²) in [5, 5.41) is 10.0. The van der Waals surface area contributed by atoms with Crippen molar-refractivity contribution in [3.05, 3.63) is 29.3 Å². The Labute approximate surface area is 150 Å². The largest absolute Gasteiger partial charge is 1.00 e. The maximum Gasteiger partial charge on any atom is 1.00 e. The Hall–Kier alpha value is 0.370. The molecular formula is C12H16BrNaO5S. The van der Waals surface area contributed by atoms with Gasteiger partial charge in [-0.2, -0.15) is 8.42 Å². The fraction of sp³-hybridized carbons (Fsp3) is 0.500. The van der Waals surface area contributed by atoms with Gasteiger partial charge in [0, 0.05) is 4.83 Å². The molecule has 0 bridgehead atoms. The Kier molecular flexibility index (Phi) is 9.57. The van der Waals surface area contributed by atoms with Crippen molar-refractivity contribution in [1.29, 1.82) is 0 Å². The molecule has 0 heterocycles. The summed E-state index contributed by atoms with van der Waals surface area (Å²) in [5.41, 5.74) is 1.31. The van der Waals surface area contributed by atoms with Gasteiger partial charge in [-0.25, -0.2) is 0 Å². The van der Waals surface area contributed by atoms with Gasteiger partial charge in [0.05, 0.1) is 12.4 Å². The van der Waals surface area contributed by atoms with Crippen LogP contribution in [0.25, 0.3) is 0 Å². The fourth-order valence-electron chi connectivity index (χ4n) is 1.47. The second kappa shape index (κ2) is 9.40. The average Bonchev–Trinajstić information content (AvgIpc) is 2.32. The molecule has 1 atom stereocenters. The molecule has 0 fully saturated rings. The van der Waals surface area contributed by atoms with Crippen LogP contribution >= 0.6 is 15.9 Å². The molecule has 0 saturated carbocycles. The molecule has 0 amide bonds. The van der Waals surface area contributed by atoms with E-state index in [0.717, 1.165) is 0 Å². The number of hydrogen-bond donors (Lipinski definition) is 0. The third kappa shape index (κ3) is 6.89. The SMILES string of the molecule is CCC(Br)CS(=O)(=O)Oc1ccc(CO[O-])cc1C.[Na+]. The molecule has 0 aliphatic carbocycles. The molecule has 108 valence electrons. The first-order chi connectivity index (χ1) is 8.88. The number of benzene rings is 1. The van der Waals surface area contributed by atoms with Gasteiger partial charge in [-0.1, -0.05) is 35.0 Å². The van der Waals surface area contributed by atoms with Gasteiger partial charge in [0.25, 0.3) is 0 Å². The van der Waals surface area contributed by atoms with E-state index in [-0.39, 0.29) is 52.5 Å². The van der Waals surface area contributed by atoms with Crippen molar-refractivity contribution in [2.24, 2.45) is 0 Å². The van der Waals surface area contributed by atoms with Gasteiger partial charge in [0.1, 0.15) is 5.75 Å². The van der Waals surface area contributed by atoms with E-state index in [4.69, 9.17) is 4.18 Å². The zero-order chi connectivity index (χ0) is 14.5. The van der Waals surface area contributed by atoms with E-state index in [1.165, 1.54) is 6.07 Å². The van der Waals surface area contributed by atoms with Crippen LogP contribution in [0.3, 0.4) is 0 Å². The Bertz CT molecular complexity index is 521. The number of hydrogen-bond acceptors (Lipinski definition) is 5. The predicted molar refractivity (Wildman–Crippen MR) is 73.4 cm³/mol. The first-order valence-corrected chi connectivity index (χ1v) is 8.27. The summed E-state index contributed by atoms with van der Waals surface area (Å²) in [6.45, 7) is 3.54. The minimum atomic E-state index is -3.63. The van der Waals surface area contributed by atoms with Crippen LogP contribution in [-0.2, 0) is 21.6 Å². The quantitative estimate of drug-likeness (QED) is 0.194. The second-order valence-electron chi connectivity index (χ2n) is 4.18. The van der Waals surface area contributed by atoms with E-state index < -0.39 is 10.1 Å². The molecule has 0 aliphatic heterocycles. The number of aryl methyl sites for hydroxylation is 1. The van der Waals surface area contributed by atoms with Gasteiger partial charge in [0.2, 0.25) is 0 Å². The van der Waals surface area contributed by atoms with Crippen LogP contribution in [0.1, 0.15) is 24.5 Å². The predicted octanol–water partition coefficient (Wildman–Crippen LogP) is -1.33. The van der Waals surface area contributed by atoms with Gasteiger partial charge in [0.15, 0.2) is 0 Å². The zero-order valence-corrected chi connectivity index (χ0v) is 16.2. The van der Waals surface area contributed by atoms with Crippen molar-refractivity contribution >= 4 is 26.0 Å². The normalized spacial score (nSPS) is 12.6. The van der Waals surface area contributed by atoms with Crippen molar-refractivity contribution in [3.63, 3.8) is 0 Å². The third-order valence-electron chi connectivity index (χ3n) is 2.51. The van der Waals surface area contributed by atoms with Crippen LogP contribution in [-0.4, -0.2) is 19.0 Å². The molecular weight excluding hydrogens is 359 g/mol. The molecule has 20 heavy (non-hydrogen) atoms. The number of rotatable bonds is 7. The van der Waals surface area contributed by atoms with Gasteiger partial charge >= 0.3 is 39.7 Å². The Morgan fingerprint density at radius 3 is 2.55 bits per heavy atom. The van der Waals surface area contributed by atoms with Crippen molar-refractivity contribution < 1.29 is 52.3 Å². The van der Waals surface area contributed by atoms with E-state index >= 15 is 0 Å². The topological polar surface area (TPSA) is 75.7 Å². The van der Waals surface area contributed by atoms with Crippen molar-refractivity contribution in [2.45, 2.75) is 31.7 Å². The van der Waals surface area contributed by atoms with Gasteiger partial charge in [-0.3, -0.25) is 0 Å². The maximum absolute atomic E-state index is 11.8. The standard InChI is InChI=1S/C12H17BrO5S.Na/c1-3-11(13)8-19(15,16)18-12-5-4-10(7-17-14)6-9(12)2;/h4-6,11,14H,3,7-8H2,1-2H3;/q;+1/p-1. The molecule has 0 saturated heterocycles. The summed E-state index contributed by atoms with van der Waals surface area (Å²) in [6, 6.07) is 4.78. The molecule has 1 rings (SSSR count). The minimum absolute atomic E-state index is 0. The molecule has 1 aromatic rings. The molecule has 0 N–H and O–H groups in total. The molecule has 0 aromatic heterocycles. The van der Waals surface area contributed by atoms with Crippen LogP contribution in [0, 0.1) is 6.92 Å². The van der Waals surface area contributed by atoms with Crippen LogP contribution < -0.4 is 39.0 Å². The van der Waals surface area contributed by atoms with Gasteiger partial charge in [-0.15, -0.1) is 0 Å². The Morgan fingerprint density at radius 2 is 2.05 bits per heavy atom. The summed E-state index contributed by atoms with van der Waals surface area (Å²) < 4.78 is 28.7. The monoisotopic (exact) mass is 374 g/mol. The van der Waals surface area contributed by atoms with E-state index in [2.05, 4.69) is 20.8 Å². The minimum Gasteiger partial charge on any atom is -0.723 e. The second-order valence-corrected chi connectivity index (χ2v) is 7.09. The fourth-order valence-corrected chi connectivity index (χ4v) is 3.65. The Morgan fingerprint density at radius 1 is 1.40 bits per heavy atom. The molecule has 1 aromatic carbocycles. The molecule has 8 heteroatoms. The van der Waals surface area contributed by atoms with Crippen molar-refractivity contribution in [1.82, 2.24) is 0 Å². The summed E-state index contributed by atoms with van der Waals surface area (Å²) in [7, 11) is -3.63. The van der Waals surface area contributed by atoms with E-state index in [9.17, 15) is 13.7 Å². The first-order valence-electron chi connectivity index (χ1n) is 5.78. The number of alkyl halides is 1. The van der Waals surface area contributed by atoms with E-state index in [1.807, 2.05) is 6.92 Å². The summed E-state index contributed by atoms with van der Waals surface area (Å²) in [4.78, 5) is 3.64. The molecule has 0 spiro atoms. The van der Waals surface area contributed by atoms with Gasteiger partial charge < -0.3 is 14.3 Å². The zero-order valence-electron chi connectivity index (χ0n) is 11.8. The summed E-state index contributed by atoms with van der Waals surface area (Å²) in [6.07, 6.45) is 0.696. The molecule has 0 radical (unpaired) electrons. The summed E-state index contributed by atoms with van der Waals surface area (Å²) >= 11 is 3.27. The molecule has 1 unspecified atom stereocenters. The Balaban J connectivity index is 0.00000361. The van der Waals surface area contributed by atoms with E-state index in [0.29, 0.717) is 17.5 Å². The molecule has 5 nitrogen and oxygen atoms in total. The average molecular weight is 375 g/mol. The summed E-state index contributed by atoms with van der Waals surface area (Å²) in [5.74, 6) is 0.180. The van der Waals surface area contributed by atoms with Crippen molar-refractivity contribution in [2.75, 3.05) is 5.75 Å². The van der Waals surface area contributed by atoms with Crippen molar-refractivity contribution in [3.8, 4) is 5.75 Å². The number of halogens is 1. The van der Waals surface area contributed by atoms with Gasteiger partial charge in [-0.05, 0) is 30.5 Å². The van der Waals surface area contributed by atoms with E-state index in [1.54, 1.807) is 19.1 Å². The third-order valence-corrected chi connectivity index (χ3v) is 5.15. The maximum atomic E-state index is 11.8.